The van der Waals surface area contributed by atoms with E-state index in [2.05, 4.69) is 21.0 Å². The van der Waals surface area contributed by atoms with Crippen molar-refractivity contribution in [1.29, 1.82) is 0 Å². The van der Waals surface area contributed by atoms with Gasteiger partial charge in [0, 0.05) is 16.1 Å². The molecule has 0 atom stereocenters. The van der Waals surface area contributed by atoms with E-state index >= 15 is 0 Å². The molecule has 0 fully saturated rings. The van der Waals surface area contributed by atoms with E-state index in [4.69, 9.17) is 9.47 Å². The first-order valence-corrected chi connectivity index (χ1v) is 8.45. The molecule has 128 valence electrons. The molecule has 1 heterocycles. The third kappa shape index (κ3) is 3.74. The quantitative estimate of drug-likeness (QED) is 0.654. The van der Waals surface area contributed by atoms with Crippen molar-refractivity contribution in [3.63, 3.8) is 0 Å². The Morgan fingerprint density at radius 3 is 2.48 bits per heavy atom. The number of benzene rings is 2. The van der Waals surface area contributed by atoms with Gasteiger partial charge < -0.3 is 9.47 Å². The van der Waals surface area contributed by atoms with Crippen molar-refractivity contribution in [2.75, 3.05) is 14.2 Å². The topological polar surface area (TPSA) is 53.4 Å². The number of ether oxygens (including phenoxy) is 2. The Morgan fingerprint density at radius 1 is 1.00 bits per heavy atom. The van der Waals surface area contributed by atoms with Gasteiger partial charge in [0.2, 0.25) is 0 Å². The van der Waals surface area contributed by atoms with Crippen LogP contribution in [-0.4, -0.2) is 24.0 Å². The molecule has 3 rings (SSSR count). The van der Waals surface area contributed by atoms with Crippen molar-refractivity contribution < 1.29 is 9.47 Å². The minimum absolute atomic E-state index is 0.153. The van der Waals surface area contributed by atoms with Gasteiger partial charge in [0.15, 0.2) is 11.5 Å². The molecule has 0 radical (unpaired) electrons. The lowest BCUT2D eigenvalue weighted by Crippen LogP contribution is -2.23. The number of nitrogens with zero attached hydrogens (tertiary/aromatic N) is 2. The van der Waals surface area contributed by atoms with Crippen molar-refractivity contribution >= 4 is 15.9 Å². The first kappa shape index (κ1) is 17.2. The lowest BCUT2D eigenvalue weighted by atomic mass is 10.1. The lowest BCUT2D eigenvalue weighted by molar-refractivity contribution is 0.355. The van der Waals surface area contributed by atoms with E-state index in [-0.39, 0.29) is 5.56 Å². The Bertz CT molecular complexity index is 953. The lowest BCUT2D eigenvalue weighted by Gasteiger charge is -2.11. The highest BCUT2D eigenvalue weighted by molar-refractivity contribution is 9.10. The van der Waals surface area contributed by atoms with Gasteiger partial charge in [0.1, 0.15) is 0 Å². The van der Waals surface area contributed by atoms with Gasteiger partial charge in [0.05, 0.1) is 26.5 Å². The first-order chi connectivity index (χ1) is 12.1. The maximum atomic E-state index is 12.2. The molecule has 0 aliphatic heterocycles. The summed E-state index contributed by atoms with van der Waals surface area (Å²) in [6.45, 7) is 0.390. The Kier molecular flexibility index (Phi) is 5.19. The van der Waals surface area contributed by atoms with E-state index < -0.39 is 0 Å². The molecule has 1 aromatic heterocycles. The van der Waals surface area contributed by atoms with Crippen LogP contribution >= 0.6 is 15.9 Å². The van der Waals surface area contributed by atoms with Crippen LogP contribution in [0.5, 0.6) is 11.5 Å². The van der Waals surface area contributed by atoms with Crippen LogP contribution in [0.2, 0.25) is 0 Å². The number of aromatic nitrogens is 2. The van der Waals surface area contributed by atoms with Crippen LogP contribution in [-0.2, 0) is 6.54 Å². The third-order valence-electron chi connectivity index (χ3n) is 3.82. The highest BCUT2D eigenvalue weighted by atomic mass is 79.9. The fraction of sp³-hybridized carbons (Fsp3) is 0.158. The first-order valence-electron chi connectivity index (χ1n) is 7.66. The second kappa shape index (κ2) is 7.53. The molecule has 3 aromatic rings. The smallest absolute Gasteiger partial charge is 0.267 e. The summed E-state index contributed by atoms with van der Waals surface area (Å²) in [6, 6.07) is 16.5. The SMILES string of the molecule is COc1ccc(-c2ccc(=O)n(Cc3ccccc3Br)n2)cc1OC. The molecule has 0 saturated heterocycles. The van der Waals surface area contributed by atoms with Crippen molar-refractivity contribution in [2.45, 2.75) is 6.54 Å². The second-order valence-electron chi connectivity index (χ2n) is 5.38. The van der Waals surface area contributed by atoms with E-state index in [1.165, 1.54) is 10.7 Å². The number of halogens is 1. The maximum absolute atomic E-state index is 12.2. The normalized spacial score (nSPS) is 10.5. The number of hydrogen-bond donors (Lipinski definition) is 0. The van der Waals surface area contributed by atoms with E-state index in [1.54, 1.807) is 20.3 Å². The molecule has 0 saturated carbocycles. The number of rotatable bonds is 5. The number of hydrogen-bond acceptors (Lipinski definition) is 4. The zero-order valence-electron chi connectivity index (χ0n) is 13.9. The Balaban J connectivity index is 1.99. The Labute approximate surface area is 154 Å². The summed E-state index contributed by atoms with van der Waals surface area (Å²) in [7, 11) is 3.18. The average molecular weight is 401 g/mol. The molecule has 5 nitrogen and oxygen atoms in total. The molecular formula is C19H17BrN2O3. The van der Waals surface area contributed by atoms with E-state index in [0.29, 0.717) is 23.7 Å². The summed E-state index contributed by atoms with van der Waals surface area (Å²) in [5.41, 5.74) is 2.37. The fourth-order valence-electron chi connectivity index (χ4n) is 2.50. The maximum Gasteiger partial charge on any atom is 0.267 e. The van der Waals surface area contributed by atoms with Gasteiger partial charge in [-0.3, -0.25) is 4.79 Å². The minimum atomic E-state index is -0.153. The molecule has 2 aromatic carbocycles. The predicted octanol–water partition coefficient (Wildman–Crippen LogP) is 3.74. The van der Waals surface area contributed by atoms with Crippen LogP contribution in [0.15, 0.2) is 63.9 Å². The number of methoxy groups -OCH3 is 2. The summed E-state index contributed by atoms with van der Waals surface area (Å²) >= 11 is 3.50. The molecule has 25 heavy (non-hydrogen) atoms. The standard InChI is InChI=1S/C19H17BrN2O3/c1-24-17-9-7-13(11-18(17)25-2)16-8-10-19(23)22(21-16)12-14-5-3-4-6-15(14)20/h3-11H,12H2,1-2H3. The van der Waals surface area contributed by atoms with E-state index in [0.717, 1.165) is 15.6 Å². The molecule has 0 spiro atoms. The third-order valence-corrected chi connectivity index (χ3v) is 4.60. The van der Waals surface area contributed by atoms with Crippen LogP contribution < -0.4 is 15.0 Å². The molecule has 0 amide bonds. The summed E-state index contributed by atoms with van der Waals surface area (Å²) in [6.07, 6.45) is 0. The molecule has 0 aliphatic rings. The van der Waals surface area contributed by atoms with Crippen LogP contribution in [0.1, 0.15) is 5.56 Å². The van der Waals surface area contributed by atoms with Crippen molar-refractivity contribution in [3.05, 3.63) is 75.0 Å². The van der Waals surface area contributed by atoms with Crippen molar-refractivity contribution in [3.8, 4) is 22.8 Å². The fourth-order valence-corrected chi connectivity index (χ4v) is 2.91. The molecule has 0 aliphatic carbocycles. The highest BCUT2D eigenvalue weighted by Crippen LogP contribution is 2.31. The molecular weight excluding hydrogens is 384 g/mol. The molecule has 0 N–H and O–H groups in total. The summed E-state index contributed by atoms with van der Waals surface area (Å²) < 4.78 is 13.0. The van der Waals surface area contributed by atoms with E-state index in [9.17, 15) is 4.79 Å². The summed E-state index contributed by atoms with van der Waals surface area (Å²) in [4.78, 5) is 12.2. The predicted molar refractivity (Wildman–Crippen MR) is 100 cm³/mol. The monoisotopic (exact) mass is 400 g/mol. The summed E-state index contributed by atoms with van der Waals surface area (Å²) in [5, 5.41) is 4.50. The Hall–Kier alpha value is -2.60. The van der Waals surface area contributed by atoms with Crippen LogP contribution in [0.25, 0.3) is 11.3 Å². The van der Waals surface area contributed by atoms with Gasteiger partial charge in [-0.2, -0.15) is 5.10 Å². The zero-order chi connectivity index (χ0) is 17.8. The largest absolute Gasteiger partial charge is 0.493 e. The van der Waals surface area contributed by atoms with Crippen LogP contribution in [0.3, 0.4) is 0 Å². The molecule has 6 heteroatoms. The van der Waals surface area contributed by atoms with E-state index in [1.807, 2.05) is 42.5 Å². The molecule has 0 bridgehead atoms. The van der Waals surface area contributed by atoms with Gasteiger partial charge in [-0.25, -0.2) is 4.68 Å². The Morgan fingerprint density at radius 2 is 1.76 bits per heavy atom. The highest BCUT2D eigenvalue weighted by Gasteiger charge is 2.09. The van der Waals surface area contributed by atoms with Crippen molar-refractivity contribution in [1.82, 2.24) is 9.78 Å². The van der Waals surface area contributed by atoms with Gasteiger partial charge >= 0.3 is 0 Å². The zero-order valence-corrected chi connectivity index (χ0v) is 15.5. The van der Waals surface area contributed by atoms with Gasteiger partial charge in [-0.15, -0.1) is 0 Å². The molecule has 0 unspecified atom stereocenters. The van der Waals surface area contributed by atoms with Gasteiger partial charge in [-0.1, -0.05) is 34.1 Å². The van der Waals surface area contributed by atoms with Crippen molar-refractivity contribution in [2.24, 2.45) is 0 Å². The van der Waals surface area contributed by atoms with Gasteiger partial charge in [-0.05, 0) is 35.9 Å². The van der Waals surface area contributed by atoms with Crippen LogP contribution in [0, 0.1) is 0 Å². The minimum Gasteiger partial charge on any atom is -0.493 e. The van der Waals surface area contributed by atoms with Crippen LogP contribution in [0.4, 0.5) is 0 Å². The average Bonchev–Trinajstić information content (AvgIpc) is 2.64. The second-order valence-corrected chi connectivity index (χ2v) is 6.23. The summed E-state index contributed by atoms with van der Waals surface area (Å²) in [5.74, 6) is 1.26. The van der Waals surface area contributed by atoms with Gasteiger partial charge in [0.25, 0.3) is 5.56 Å².